The zero-order chi connectivity index (χ0) is 11.5. The van der Waals surface area contributed by atoms with Crippen LogP contribution >= 0.6 is 15.9 Å². The number of halogens is 1. The van der Waals surface area contributed by atoms with E-state index in [0.29, 0.717) is 17.8 Å². The van der Waals surface area contributed by atoms with Gasteiger partial charge in [-0.2, -0.15) is 0 Å². The molecular weight excluding hydrogens is 264 g/mol. The van der Waals surface area contributed by atoms with E-state index in [9.17, 15) is 0 Å². The predicted molar refractivity (Wildman–Crippen MR) is 70.5 cm³/mol. The van der Waals surface area contributed by atoms with E-state index in [4.69, 9.17) is 0 Å². The summed E-state index contributed by atoms with van der Waals surface area (Å²) in [7, 11) is 0. The Labute approximate surface area is 106 Å². The molecule has 1 saturated heterocycles. The van der Waals surface area contributed by atoms with Crippen molar-refractivity contribution in [1.29, 1.82) is 0 Å². The van der Waals surface area contributed by atoms with E-state index in [0.717, 1.165) is 17.6 Å². The van der Waals surface area contributed by atoms with Crippen LogP contribution in [0.5, 0.6) is 0 Å². The lowest BCUT2D eigenvalue weighted by atomic mass is 9.77. The molecule has 0 spiro atoms. The predicted octanol–water partition coefficient (Wildman–Crippen LogP) is 3.19. The Morgan fingerprint density at radius 1 is 1.44 bits per heavy atom. The van der Waals surface area contributed by atoms with Crippen molar-refractivity contribution in [3.05, 3.63) is 28.5 Å². The molecule has 0 aromatic carbocycles. The van der Waals surface area contributed by atoms with Crippen LogP contribution in [-0.2, 0) is 0 Å². The SMILES string of the molecule is CC(C)C1CNCCC1c1ccc(Br)cn1. The van der Waals surface area contributed by atoms with Crippen LogP contribution in [0.2, 0.25) is 0 Å². The standard InChI is InChI=1S/C13H19BrN2/c1-9(2)12-8-15-6-5-11(12)13-4-3-10(14)7-16-13/h3-4,7,9,11-12,15H,5-6,8H2,1-2H3. The van der Waals surface area contributed by atoms with Crippen molar-refractivity contribution in [3.63, 3.8) is 0 Å². The van der Waals surface area contributed by atoms with Crippen molar-refractivity contribution < 1.29 is 0 Å². The van der Waals surface area contributed by atoms with Crippen molar-refractivity contribution in [3.8, 4) is 0 Å². The molecule has 88 valence electrons. The highest BCUT2D eigenvalue weighted by atomic mass is 79.9. The molecular formula is C13H19BrN2. The molecule has 2 rings (SSSR count). The van der Waals surface area contributed by atoms with Gasteiger partial charge in [0.1, 0.15) is 0 Å². The Morgan fingerprint density at radius 2 is 2.25 bits per heavy atom. The zero-order valence-corrected chi connectivity index (χ0v) is 11.5. The lowest BCUT2D eigenvalue weighted by Crippen LogP contribution is -2.38. The minimum Gasteiger partial charge on any atom is -0.316 e. The number of piperidine rings is 1. The van der Waals surface area contributed by atoms with E-state index in [1.165, 1.54) is 12.1 Å². The number of hydrogen-bond donors (Lipinski definition) is 1. The van der Waals surface area contributed by atoms with Crippen molar-refractivity contribution in [2.45, 2.75) is 26.2 Å². The summed E-state index contributed by atoms with van der Waals surface area (Å²) in [6, 6.07) is 4.26. The molecule has 0 bridgehead atoms. The van der Waals surface area contributed by atoms with Gasteiger partial charge in [0, 0.05) is 22.3 Å². The number of nitrogens with one attached hydrogen (secondary N) is 1. The second-order valence-electron chi connectivity index (χ2n) is 4.91. The summed E-state index contributed by atoms with van der Waals surface area (Å²) >= 11 is 3.44. The summed E-state index contributed by atoms with van der Waals surface area (Å²) in [6.45, 7) is 6.86. The summed E-state index contributed by atoms with van der Waals surface area (Å²) in [5.74, 6) is 2.04. The first-order valence-corrected chi connectivity index (χ1v) is 6.80. The number of hydrogen-bond acceptors (Lipinski definition) is 2. The molecule has 0 saturated carbocycles. The Morgan fingerprint density at radius 3 is 2.88 bits per heavy atom. The number of pyridine rings is 1. The molecule has 2 atom stereocenters. The molecule has 1 N–H and O–H groups in total. The summed E-state index contributed by atoms with van der Waals surface area (Å²) in [4.78, 5) is 4.56. The molecule has 1 aromatic rings. The summed E-state index contributed by atoms with van der Waals surface area (Å²) in [6.07, 6.45) is 3.12. The summed E-state index contributed by atoms with van der Waals surface area (Å²) in [5, 5.41) is 3.49. The van der Waals surface area contributed by atoms with Crippen molar-refractivity contribution >= 4 is 15.9 Å². The molecule has 2 heterocycles. The van der Waals surface area contributed by atoms with E-state index in [1.807, 2.05) is 6.20 Å². The van der Waals surface area contributed by atoms with Crippen LogP contribution in [-0.4, -0.2) is 18.1 Å². The van der Waals surface area contributed by atoms with Gasteiger partial charge in [-0.15, -0.1) is 0 Å². The Kier molecular flexibility index (Phi) is 3.98. The van der Waals surface area contributed by atoms with Crippen molar-refractivity contribution in [2.75, 3.05) is 13.1 Å². The van der Waals surface area contributed by atoms with Gasteiger partial charge in [-0.1, -0.05) is 13.8 Å². The van der Waals surface area contributed by atoms with Gasteiger partial charge in [-0.05, 0) is 59.4 Å². The highest BCUT2D eigenvalue weighted by Crippen LogP contribution is 2.33. The van der Waals surface area contributed by atoms with Crippen LogP contribution in [0.1, 0.15) is 31.9 Å². The third-order valence-electron chi connectivity index (χ3n) is 3.52. The number of rotatable bonds is 2. The monoisotopic (exact) mass is 282 g/mol. The van der Waals surface area contributed by atoms with Gasteiger partial charge in [0.05, 0.1) is 0 Å². The van der Waals surface area contributed by atoms with Gasteiger partial charge < -0.3 is 5.32 Å². The van der Waals surface area contributed by atoms with Crippen LogP contribution in [0.4, 0.5) is 0 Å². The van der Waals surface area contributed by atoms with Gasteiger partial charge in [-0.3, -0.25) is 4.98 Å². The van der Waals surface area contributed by atoms with E-state index >= 15 is 0 Å². The third-order valence-corrected chi connectivity index (χ3v) is 3.98. The molecule has 0 radical (unpaired) electrons. The normalized spacial score (nSPS) is 26.0. The average Bonchev–Trinajstić information content (AvgIpc) is 2.30. The van der Waals surface area contributed by atoms with Crippen LogP contribution in [0, 0.1) is 11.8 Å². The van der Waals surface area contributed by atoms with Crippen LogP contribution < -0.4 is 5.32 Å². The Hall–Kier alpha value is -0.410. The first-order valence-electron chi connectivity index (χ1n) is 6.00. The fraction of sp³-hybridized carbons (Fsp3) is 0.615. The lowest BCUT2D eigenvalue weighted by molar-refractivity contribution is 0.251. The maximum Gasteiger partial charge on any atom is 0.0439 e. The van der Waals surface area contributed by atoms with Crippen LogP contribution in [0.15, 0.2) is 22.8 Å². The van der Waals surface area contributed by atoms with E-state index in [-0.39, 0.29) is 0 Å². The van der Waals surface area contributed by atoms with E-state index < -0.39 is 0 Å². The fourth-order valence-corrected chi connectivity index (χ4v) is 2.79. The molecule has 1 aliphatic rings. The minimum absolute atomic E-state index is 0.620. The molecule has 0 aliphatic carbocycles. The van der Waals surface area contributed by atoms with Gasteiger partial charge in [0.15, 0.2) is 0 Å². The molecule has 2 unspecified atom stereocenters. The van der Waals surface area contributed by atoms with Gasteiger partial charge in [0.25, 0.3) is 0 Å². The third kappa shape index (κ3) is 2.64. The summed E-state index contributed by atoms with van der Waals surface area (Å²) < 4.78 is 1.06. The fourth-order valence-electron chi connectivity index (χ4n) is 2.56. The highest BCUT2D eigenvalue weighted by molar-refractivity contribution is 9.10. The molecule has 16 heavy (non-hydrogen) atoms. The topological polar surface area (TPSA) is 24.9 Å². The second kappa shape index (κ2) is 5.28. The second-order valence-corrected chi connectivity index (χ2v) is 5.82. The maximum atomic E-state index is 4.56. The molecule has 1 fully saturated rings. The molecule has 2 nitrogen and oxygen atoms in total. The van der Waals surface area contributed by atoms with E-state index in [2.05, 4.69) is 52.2 Å². The van der Waals surface area contributed by atoms with E-state index in [1.54, 1.807) is 0 Å². The van der Waals surface area contributed by atoms with Gasteiger partial charge >= 0.3 is 0 Å². The maximum absolute atomic E-state index is 4.56. The molecule has 0 amide bonds. The zero-order valence-electron chi connectivity index (χ0n) is 9.91. The average molecular weight is 283 g/mol. The lowest BCUT2D eigenvalue weighted by Gasteiger charge is -2.34. The van der Waals surface area contributed by atoms with Crippen molar-refractivity contribution in [1.82, 2.24) is 10.3 Å². The summed E-state index contributed by atoms with van der Waals surface area (Å²) in [5.41, 5.74) is 1.25. The Balaban J connectivity index is 2.19. The number of aromatic nitrogens is 1. The molecule has 1 aliphatic heterocycles. The molecule has 3 heteroatoms. The minimum atomic E-state index is 0.620. The highest BCUT2D eigenvalue weighted by Gasteiger charge is 2.29. The van der Waals surface area contributed by atoms with Crippen LogP contribution in [0.25, 0.3) is 0 Å². The largest absolute Gasteiger partial charge is 0.316 e. The Bertz CT molecular complexity index is 334. The molecule has 1 aromatic heterocycles. The van der Waals surface area contributed by atoms with Gasteiger partial charge in [0.2, 0.25) is 0 Å². The van der Waals surface area contributed by atoms with Crippen LogP contribution in [0.3, 0.4) is 0 Å². The van der Waals surface area contributed by atoms with Gasteiger partial charge in [-0.25, -0.2) is 0 Å². The number of nitrogens with zero attached hydrogens (tertiary/aromatic N) is 1. The quantitative estimate of drug-likeness (QED) is 0.901. The smallest absolute Gasteiger partial charge is 0.0439 e. The first-order chi connectivity index (χ1) is 7.68. The van der Waals surface area contributed by atoms with Crippen molar-refractivity contribution in [2.24, 2.45) is 11.8 Å². The first kappa shape index (κ1) is 12.1.